The van der Waals surface area contributed by atoms with E-state index in [9.17, 15) is 4.79 Å². The summed E-state index contributed by atoms with van der Waals surface area (Å²) in [7, 11) is 1.79. The lowest BCUT2D eigenvalue weighted by Gasteiger charge is -2.22. The van der Waals surface area contributed by atoms with Gasteiger partial charge in [-0.2, -0.15) is 0 Å². The third kappa shape index (κ3) is 2.27. The van der Waals surface area contributed by atoms with Crippen LogP contribution in [0.1, 0.15) is 29.2 Å². The van der Waals surface area contributed by atoms with Gasteiger partial charge in [0, 0.05) is 18.0 Å². The number of aromatic nitrogens is 1. The number of hydrogen-bond donors (Lipinski definition) is 1. The zero-order valence-corrected chi connectivity index (χ0v) is 13.6. The molecule has 4 heteroatoms. The number of rotatable bonds is 3. The van der Waals surface area contributed by atoms with Crippen molar-refractivity contribution in [3.8, 4) is 0 Å². The molecule has 4 nitrogen and oxygen atoms in total. The van der Waals surface area contributed by atoms with Crippen LogP contribution in [0.15, 0.2) is 65.3 Å². The second kappa shape index (κ2) is 5.57. The van der Waals surface area contributed by atoms with Crippen LogP contribution in [0.2, 0.25) is 0 Å². The minimum Gasteiger partial charge on any atom is -0.467 e. The number of H-pyrrole nitrogens is 1. The predicted molar refractivity (Wildman–Crippen MR) is 95.0 cm³/mol. The van der Waals surface area contributed by atoms with Gasteiger partial charge in [-0.3, -0.25) is 4.79 Å². The highest BCUT2D eigenvalue weighted by molar-refractivity contribution is 6.09. The van der Waals surface area contributed by atoms with Crippen LogP contribution in [0.25, 0.3) is 21.7 Å². The minimum absolute atomic E-state index is 0.0563. The number of benzene rings is 2. The molecular weight excluding hydrogens is 300 g/mol. The van der Waals surface area contributed by atoms with Gasteiger partial charge in [-0.15, -0.1) is 0 Å². The molecule has 4 aromatic rings. The fourth-order valence-corrected chi connectivity index (χ4v) is 3.09. The Bertz CT molecular complexity index is 1010. The van der Waals surface area contributed by atoms with Crippen molar-refractivity contribution in [2.75, 3.05) is 7.05 Å². The van der Waals surface area contributed by atoms with Gasteiger partial charge < -0.3 is 14.3 Å². The molecule has 1 unspecified atom stereocenters. The van der Waals surface area contributed by atoms with Crippen molar-refractivity contribution in [1.82, 2.24) is 9.88 Å². The lowest BCUT2D eigenvalue weighted by atomic mass is 10.1. The Labute approximate surface area is 139 Å². The molecule has 0 spiro atoms. The van der Waals surface area contributed by atoms with Crippen LogP contribution in [-0.2, 0) is 0 Å². The summed E-state index contributed by atoms with van der Waals surface area (Å²) in [6.07, 6.45) is 1.62. The highest BCUT2D eigenvalue weighted by atomic mass is 16.3. The number of fused-ring (bicyclic) bond motifs is 3. The van der Waals surface area contributed by atoms with E-state index in [0.29, 0.717) is 5.69 Å². The largest absolute Gasteiger partial charge is 0.467 e. The van der Waals surface area contributed by atoms with Crippen molar-refractivity contribution >= 4 is 27.6 Å². The van der Waals surface area contributed by atoms with E-state index in [1.165, 1.54) is 5.39 Å². The number of amides is 1. The van der Waals surface area contributed by atoms with Crippen molar-refractivity contribution in [3.05, 3.63) is 72.3 Å². The molecule has 0 aliphatic rings. The zero-order chi connectivity index (χ0) is 16.7. The smallest absolute Gasteiger partial charge is 0.270 e. The Hall–Kier alpha value is -3.01. The minimum atomic E-state index is -0.129. The molecule has 24 heavy (non-hydrogen) atoms. The molecule has 120 valence electrons. The molecule has 0 saturated carbocycles. The van der Waals surface area contributed by atoms with Crippen LogP contribution in [0.5, 0.6) is 0 Å². The summed E-state index contributed by atoms with van der Waals surface area (Å²) in [5.74, 6) is 0.714. The summed E-state index contributed by atoms with van der Waals surface area (Å²) in [5.41, 5.74) is 1.55. The number of hydrogen-bond acceptors (Lipinski definition) is 2. The fourth-order valence-electron chi connectivity index (χ4n) is 3.09. The molecule has 1 atom stereocenters. The van der Waals surface area contributed by atoms with E-state index >= 15 is 0 Å². The Morgan fingerprint density at radius 3 is 2.71 bits per heavy atom. The van der Waals surface area contributed by atoms with Crippen molar-refractivity contribution in [1.29, 1.82) is 0 Å². The second-order valence-corrected chi connectivity index (χ2v) is 6.04. The average Bonchev–Trinajstić information content (AvgIpc) is 3.29. The zero-order valence-electron chi connectivity index (χ0n) is 13.6. The highest BCUT2D eigenvalue weighted by Crippen LogP contribution is 2.27. The third-order valence-electron chi connectivity index (χ3n) is 4.62. The second-order valence-electron chi connectivity index (χ2n) is 6.04. The van der Waals surface area contributed by atoms with Gasteiger partial charge in [0.15, 0.2) is 0 Å². The van der Waals surface area contributed by atoms with E-state index in [2.05, 4.69) is 23.2 Å². The lowest BCUT2D eigenvalue weighted by Crippen LogP contribution is -2.29. The quantitative estimate of drug-likeness (QED) is 0.593. The van der Waals surface area contributed by atoms with Crippen LogP contribution in [-0.4, -0.2) is 22.8 Å². The summed E-state index contributed by atoms with van der Waals surface area (Å²) in [5, 5.41) is 3.38. The predicted octanol–water partition coefficient (Wildman–Crippen LogP) is 4.75. The molecule has 0 fully saturated rings. The van der Waals surface area contributed by atoms with E-state index in [-0.39, 0.29) is 11.9 Å². The summed E-state index contributed by atoms with van der Waals surface area (Å²) in [4.78, 5) is 17.8. The molecule has 0 aliphatic carbocycles. The summed E-state index contributed by atoms with van der Waals surface area (Å²) in [6.45, 7) is 1.95. The molecule has 0 aliphatic heterocycles. The molecule has 2 aromatic heterocycles. The van der Waals surface area contributed by atoms with Crippen LogP contribution in [0, 0.1) is 0 Å². The molecule has 0 bridgehead atoms. The molecule has 4 rings (SSSR count). The topological polar surface area (TPSA) is 49.2 Å². The Morgan fingerprint density at radius 1 is 1.08 bits per heavy atom. The first-order chi connectivity index (χ1) is 11.6. The molecule has 1 N–H and O–H groups in total. The Balaban J connectivity index is 1.73. The molecule has 1 amide bonds. The molecule has 2 heterocycles. The first-order valence-corrected chi connectivity index (χ1v) is 7.96. The fraction of sp³-hybridized carbons (Fsp3) is 0.150. The van der Waals surface area contributed by atoms with E-state index in [1.807, 2.05) is 43.3 Å². The molecule has 0 radical (unpaired) electrons. The number of carbonyl (C=O) groups excluding carboxylic acids is 1. The van der Waals surface area contributed by atoms with Gasteiger partial charge in [0.1, 0.15) is 11.5 Å². The van der Waals surface area contributed by atoms with Crippen molar-refractivity contribution < 1.29 is 9.21 Å². The van der Waals surface area contributed by atoms with E-state index < -0.39 is 0 Å². The van der Waals surface area contributed by atoms with Gasteiger partial charge in [-0.05, 0) is 42.0 Å². The van der Waals surface area contributed by atoms with Crippen molar-refractivity contribution in [3.63, 3.8) is 0 Å². The average molecular weight is 318 g/mol. The maximum Gasteiger partial charge on any atom is 0.270 e. The first kappa shape index (κ1) is 14.6. The van der Waals surface area contributed by atoms with Gasteiger partial charge in [-0.1, -0.05) is 30.3 Å². The van der Waals surface area contributed by atoms with E-state index in [4.69, 9.17) is 4.42 Å². The molecule has 2 aromatic carbocycles. The van der Waals surface area contributed by atoms with Crippen LogP contribution in [0.3, 0.4) is 0 Å². The maximum absolute atomic E-state index is 12.8. The highest BCUT2D eigenvalue weighted by Gasteiger charge is 2.22. The van der Waals surface area contributed by atoms with Crippen LogP contribution >= 0.6 is 0 Å². The van der Waals surface area contributed by atoms with Crippen molar-refractivity contribution in [2.24, 2.45) is 0 Å². The SMILES string of the molecule is CC(c1ccco1)N(C)C(=O)c1cc2c(ccc3ccccc32)[nH]1. The van der Waals surface area contributed by atoms with Gasteiger partial charge in [-0.25, -0.2) is 0 Å². The molecular formula is C20H18N2O2. The molecule has 0 saturated heterocycles. The maximum atomic E-state index is 12.8. The van der Waals surface area contributed by atoms with E-state index in [1.54, 1.807) is 18.2 Å². The summed E-state index contributed by atoms with van der Waals surface area (Å²) >= 11 is 0. The Kier molecular flexibility index (Phi) is 3.38. The van der Waals surface area contributed by atoms with Gasteiger partial charge in [0.2, 0.25) is 0 Å². The number of aromatic amines is 1. The number of carbonyl (C=O) groups is 1. The Morgan fingerprint density at radius 2 is 1.92 bits per heavy atom. The number of furan rings is 1. The van der Waals surface area contributed by atoms with Crippen LogP contribution < -0.4 is 0 Å². The first-order valence-electron chi connectivity index (χ1n) is 7.96. The van der Waals surface area contributed by atoms with E-state index in [0.717, 1.165) is 22.0 Å². The van der Waals surface area contributed by atoms with Gasteiger partial charge >= 0.3 is 0 Å². The lowest BCUT2D eigenvalue weighted by molar-refractivity contribution is 0.0721. The van der Waals surface area contributed by atoms with Gasteiger partial charge in [0.05, 0.1) is 12.3 Å². The summed E-state index contributed by atoms with van der Waals surface area (Å²) in [6, 6.07) is 17.8. The number of nitrogens with one attached hydrogen (secondary N) is 1. The third-order valence-corrected chi connectivity index (χ3v) is 4.62. The van der Waals surface area contributed by atoms with Gasteiger partial charge in [0.25, 0.3) is 5.91 Å². The summed E-state index contributed by atoms with van der Waals surface area (Å²) < 4.78 is 5.41. The number of nitrogens with zero attached hydrogens (tertiary/aromatic N) is 1. The van der Waals surface area contributed by atoms with Crippen molar-refractivity contribution in [2.45, 2.75) is 13.0 Å². The normalized spacial score (nSPS) is 12.6. The van der Waals surface area contributed by atoms with Crippen LogP contribution in [0.4, 0.5) is 0 Å². The standard InChI is InChI=1S/C20H18N2O2/c1-13(19-8-5-11-24-19)22(2)20(23)18-12-16-15-7-4-3-6-14(15)9-10-17(16)21-18/h3-13,21H,1-2H3. The monoisotopic (exact) mass is 318 g/mol.